The molecule has 29 heavy (non-hydrogen) atoms. The first-order chi connectivity index (χ1) is 13.5. The molecule has 0 bridgehead atoms. The highest BCUT2D eigenvalue weighted by molar-refractivity contribution is 7.87. The molecule has 0 saturated carbocycles. The van der Waals surface area contributed by atoms with Gasteiger partial charge in [-0.3, -0.25) is 4.55 Å². The topological polar surface area (TPSA) is 94.8 Å². The Bertz CT molecular complexity index is 1200. The van der Waals surface area contributed by atoms with E-state index in [4.69, 9.17) is 46.4 Å². The fourth-order valence-electron chi connectivity index (χ4n) is 3.18. The standard InChI is InChI=1S/C19H12Cl4O5S/c20-11-3-6-16(22)14(7-11)19(29(26,27)28,10-1-4-13(24)5-2-10)15-8-12(21)9-17(25)18(15)23/h1-9,24-25H,(H,26,27,28). The van der Waals surface area contributed by atoms with Crippen molar-refractivity contribution >= 4 is 56.5 Å². The molecule has 0 fully saturated rings. The molecule has 0 aliphatic heterocycles. The monoisotopic (exact) mass is 492 g/mol. The van der Waals surface area contributed by atoms with Crippen molar-refractivity contribution in [3.63, 3.8) is 0 Å². The van der Waals surface area contributed by atoms with Gasteiger partial charge in [-0.2, -0.15) is 8.42 Å². The third kappa shape index (κ3) is 3.77. The number of hydrogen-bond donors (Lipinski definition) is 3. The summed E-state index contributed by atoms with van der Waals surface area (Å²) in [5.74, 6) is -0.644. The minimum absolute atomic E-state index is 0.0227. The van der Waals surface area contributed by atoms with Crippen molar-refractivity contribution in [2.75, 3.05) is 0 Å². The number of benzene rings is 3. The van der Waals surface area contributed by atoms with Crippen LogP contribution in [0.5, 0.6) is 11.5 Å². The summed E-state index contributed by atoms with van der Waals surface area (Å²) >= 11 is 24.7. The van der Waals surface area contributed by atoms with Gasteiger partial charge in [0, 0.05) is 32.3 Å². The van der Waals surface area contributed by atoms with E-state index in [2.05, 4.69) is 0 Å². The summed E-state index contributed by atoms with van der Waals surface area (Å²) in [7, 11) is -5.07. The summed E-state index contributed by atoms with van der Waals surface area (Å²) in [6, 6.07) is 11.4. The summed E-state index contributed by atoms with van der Waals surface area (Å²) in [4.78, 5) is 0. The molecular weight excluding hydrogens is 482 g/mol. The first-order valence-electron chi connectivity index (χ1n) is 7.89. The van der Waals surface area contributed by atoms with Crippen molar-refractivity contribution in [1.29, 1.82) is 0 Å². The molecule has 0 aliphatic carbocycles. The third-order valence-electron chi connectivity index (χ3n) is 4.37. The van der Waals surface area contributed by atoms with Crippen LogP contribution in [0.15, 0.2) is 54.6 Å². The molecule has 0 radical (unpaired) electrons. The maximum absolute atomic E-state index is 13.0. The number of hydrogen-bond acceptors (Lipinski definition) is 4. The van der Waals surface area contributed by atoms with Gasteiger partial charge in [-0.25, -0.2) is 0 Å². The lowest BCUT2D eigenvalue weighted by molar-refractivity contribution is 0.455. The molecule has 0 saturated heterocycles. The fourth-order valence-corrected chi connectivity index (χ4v) is 5.50. The molecule has 0 aliphatic rings. The van der Waals surface area contributed by atoms with E-state index in [0.29, 0.717) is 0 Å². The molecule has 5 nitrogen and oxygen atoms in total. The molecule has 10 heteroatoms. The minimum Gasteiger partial charge on any atom is -0.508 e. The smallest absolute Gasteiger partial charge is 0.283 e. The Balaban J connectivity index is 2.63. The summed E-state index contributed by atoms with van der Waals surface area (Å²) in [5.41, 5.74) is -0.393. The second-order valence-electron chi connectivity index (χ2n) is 6.11. The highest BCUT2D eigenvalue weighted by Gasteiger charge is 2.51. The first kappa shape index (κ1) is 22.0. The van der Waals surface area contributed by atoms with Crippen molar-refractivity contribution in [2.45, 2.75) is 4.75 Å². The number of phenols is 2. The quantitative estimate of drug-likeness (QED) is 0.311. The number of aromatic hydroxyl groups is 2. The number of rotatable bonds is 4. The molecule has 3 N–H and O–H groups in total. The Kier molecular flexibility index (Phi) is 5.98. The number of halogens is 4. The van der Waals surface area contributed by atoms with Gasteiger partial charge in [0.2, 0.25) is 0 Å². The summed E-state index contributed by atoms with van der Waals surface area (Å²) in [6.45, 7) is 0. The van der Waals surface area contributed by atoms with Crippen LogP contribution >= 0.6 is 46.4 Å². The van der Waals surface area contributed by atoms with Crippen LogP contribution in [0.2, 0.25) is 20.1 Å². The van der Waals surface area contributed by atoms with Crippen LogP contribution in [0, 0.1) is 0 Å². The van der Waals surface area contributed by atoms with Crippen LogP contribution in [0.3, 0.4) is 0 Å². The SMILES string of the molecule is O=S(=O)(O)C(c1ccc(O)cc1)(c1cc(Cl)ccc1Cl)c1cc(Cl)cc(O)c1Cl. The Labute approximate surface area is 186 Å². The van der Waals surface area contributed by atoms with Crippen LogP contribution in [-0.4, -0.2) is 23.2 Å². The molecule has 3 aromatic rings. The van der Waals surface area contributed by atoms with E-state index in [1.807, 2.05) is 0 Å². The lowest BCUT2D eigenvalue weighted by Gasteiger charge is -2.34. The van der Waals surface area contributed by atoms with E-state index in [-0.39, 0.29) is 42.5 Å². The average molecular weight is 494 g/mol. The van der Waals surface area contributed by atoms with Gasteiger partial charge in [0.1, 0.15) is 11.5 Å². The summed E-state index contributed by atoms with van der Waals surface area (Å²) in [6.07, 6.45) is 0. The van der Waals surface area contributed by atoms with Crippen molar-refractivity contribution in [1.82, 2.24) is 0 Å². The maximum atomic E-state index is 13.0. The first-order valence-corrected chi connectivity index (χ1v) is 10.8. The molecule has 0 amide bonds. The van der Waals surface area contributed by atoms with E-state index in [9.17, 15) is 23.2 Å². The van der Waals surface area contributed by atoms with Gasteiger partial charge in [0.05, 0.1) is 5.02 Å². The van der Waals surface area contributed by atoms with Crippen LogP contribution in [-0.2, 0) is 14.9 Å². The zero-order valence-electron chi connectivity index (χ0n) is 14.3. The molecule has 0 heterocycles. The maximum Gasteiger partial charge on any atom is 0.283 e. The fraction of sp³-hybridized carbons (Fsp3) is 0.0526. The second kappa shape index (κ2) is 7.87. The minimum atomic E-state index is -5.07. The van der Waals surface area contributed by atoms with Crippen molar-refractivity contribution < 1.29 is 23.2 Å². The molecule has 1 atom stereocenters. The molecule has 3 aromatic carbocycles. The number of phenolic OH excluding ortho intramolecular Hbond substituents is 2. The van der Waals surface area contributed by atoms with Gasteiger partial charge in [-0.05, 0) is 42.0 Å². The molecule has 1 unspecified atom stereocenters. The molecular formula is C19H12Cl4O5S. The normalized spacial score (nSPS) is 13.8. The van der Waals surface area contributed by atoms with E-state index in [1.165, 1.54) is 48.5 Å². The zero-order valence-corrected chi connectivity index (χ0v) is 18.1. The Hall–Kier alpha value is -1.67. The van der Waals surface area contributed by atoms with Crippen molar-refractivity contribution in [2.24, 2.45) is 0 Å². The largest absolute Gasteiger partial charge is 0.508 e. The molecule has 0 aromatic heterocycles. The Morgan fingerprint density at radius 3 is 1.93 bits per heavy atom. The van der Waals surface area contributed by atoms with Crippen molar-refractivity contribution in [3.05, 3.63) is 91.4 Å². The van der Waals surface area contributed by atoms with Gasteiger partial charge >= 0.3 is 0 Å². The van der Waals surface area contributed by atoms with Crippen LogP contribution in [0.4, 0.5) is 0 Å². The van der Waals surface area contributed by atoms with Gasteiger partial charge < -0.3 is 10.2 Å². The predicted molar refractivity (Wildman–Crippen MR) is 114 cm³/mol. The van der Waals surface area contributed by atoms with E-state index in [0.717, 1.165) is 6.07 Å². The van der Waals surface area contributed by atoms with Crippen LogP contribution in [0.25, 0.3) is 0 Å². The third-order valence-corrected chi connectivity index (χ3v) is 7.00. The highest BCUT2D eigenvalue weighted by Crippen LogP contribution is 2.51. The van der Waals surface area contributed by atoms with Gasteiger partial charge in [0.25, 0.3) is 10.1 Å². The van der Waals surface area contributed by atoms with Crippen LogP contribution in [0.1, 0.15) is 16.7 Å². The molecule has 0 spiro atoms. The lowest BCUT2D eigenvalue weighted by atomic mass is 9.83. The van der Waals surface area contributed by atoms with Crippen molar-refractivity contribution in [3.8, 4) is 11.5 Å². The predicted octanol–water partition coefficient (Wildman–Crippen LogP) is 5.89. The second-order valence-corrected chi connectivity index (χ2v) is 9.33. The van der Waals surface area contributed by atoms with Gasteiger partial charge in [0.15, 0.2) is 4.75 Å². The average Bonchev–Trinajstić information content (AvgIpc) is 2.62. The van der Waals surface area contributed by atoms with Gasteiger partial charge in [-0.1, -0.05) is 58.5 Å². The van der Waals surface area contributed by atoms with Gasteiger partial charge in [-0.15, -0.1) is 0 Å². The zero-order chi connectivity index (χ0) is 21.6. The van der Waals surface area contributed by atoms with E-state index < -0.39 is 20.6 Å². The highest BCUT2D eigenvalue weighted by atomic mass is 35.5. The Morgan fingerprint density at radius 2 is 1.34 bits per heavy atom. The Morgan fingerprint density at radius 1 is 0.759 bits per heavy atom. The summed E-state index contributed by atoms with van der Waals surface area (Å²) in [5, 5.41) is 19.5. The molecule has 3 rings (SSSR count). The lowest BCUT2D eigenvalue weighted by Crippen LogP contribution is -2.39. The van der Waals surface area contributed by atoms with Crippen LogP contribution < -0.4 is 0 Å². The summed E-state index contributed by atoms with van der Waals surface area (Å²) < 4.78 is 34.1. The van der Waals surface area contributed by atoms with E-state index in [1.54, 1.807) is 0 Å². The molecule has 152 valence electrons. The van der Waals surface area contributed by atoms with E-state index >= 15 is 0 Å².